The number of fused-ring (bicyclic) bond motifs is 1. The lowest BCUT2D eigenvalue weighted by atomic mass is 10.3. The first-order chi connectivity index (χ1) is 10.7. The van der Waals surface area contributed by atoms with Crippen molar-refractivity contribution in [2.75, 3.05) is 6.61 Å². The second-order valence-corrected chi connectivity index (χ2v) is 4.91. The molecule has 1 amide bonds. The van der Waals surface area contributed by atoms with Gasteiger partial charge in [-0.15, -0.1) is 0 Å². The summed E-state index contributed by atoms with van der Waals surface area (Å²) in [6.07, 6.45) is 0. The summed E-state index contributed by atoms with van der Waals surface area (Å²) in [5.74, 6) is 0.917. The van der Waals surface area contributed by atoms with Crippen molar-refractivity contribution in [3.05, 3.63) is 60.5 Å². The first-order valence-corrected chi connectivity index (χ1v) is 7.05. The molecule has 0 aliphatic heterocycles. The van der Waals surface area contributed by atoms with Gasteiger partial charge in [-0.1, -0.05) is 30.3 Å². The van der Waals surface area contributed by atoms with Gasteiger partial charge in [0.25, 0.3) is 5.91 Å². The molecular weight excluding hydrogens is 280 g/mol. The van der Waals surface area contributed by atoms with Crippen molar-refractivity contribution in [3.8, 4) is 5.75 Å². The average molecular weight is 296 g/mol. The van der Waals surface area contributed by atoms with Crippen molar-refractivity contribution in [2.24, 2.45) is 0 Å². The maximum atomic E-state index is 11.9. The molecular formula is C17H16N2O3. The number of carbonyl (C=O) groups excluding carboxylic acids is 1. The minimum Gasteiger partial charge on any atom is -0.484 e. The number of carbonyl (C=O) groups is 1. The molecule has 0 radical (unpaired) electrons. The zero-order chi connectivity index (χ0) is 15.4. The molecule has 0 saturated carbocycles. The molecule has 0 aliphatic rings. The van der Waals surface area contributed by atoms with Gasteiger partial charge in [-0.05, 0) is 31.2 Å². The van der Waals surface area contributed by atoms with Crippen molar-refractivity contribution in [1.29, 1.82) is 0 Å². The molecule has 5 nitrogen and oxygen atoms in total. The summed E-state index contributed by atoms with van der Waals surface area (Å²) in [5, 5.41) is 2.81. The third kappa shape index (κ3) is 3.25. The van der Waals surface area contributed by atoms with E-state index in [9.17, 15) is 4.79 Å². The van der Waals surface area contributed by atoms with Crippen LogP contribution in [-0.4, -0.2) is 17.5 Å². The first-order valence-electron chi connectivity index (χ1n) is 7.05. The van der Waals surface area contributed by atoms with E-state index < -0.39 is 0 Å². The molecule has 112 valence electrons. The molecule has 5 heteroatoms. The zero-order valence-electron chi connectivity index (χ0n) is 12.2. The third-order valence-corrected chi connectivity index (χ3v) is 3.17. The summed E-state index contributed by atoms with van der Waals surface area (Å²) in [6.45, 7) is 1.78. The molecule has 3 aromatic rings. The normalized spacial score (nSPS) is 12.0. The lowest BCUT2D eigenvalue weighted by Gasteiger charge is -2.11. The van der Waals surface area contributed by atoms with Crippen LogP contribution in [0.4, 0.5) is 0 Å². The van der Waals surface area contributed by atoms with Gasteiger partial charge in [0.05, 0.1) is 0 Å². The highest BCUT2D eigenvalue weighted by Crippen LogP contribution is 2.19. The van der Waals surface area contributed by atoms with Gasteiger partial charge in [-0.3, -0.25) is 4.79 Å². The van der Waals surface area contributed by atoms with Crippen LogP contribution in [0.3, 0.4) is 0 Å². The molecule has 1 N–H and O–H groups in total. The van der Waals surface area contributed by atoms with E-state index in [2.05, 4.69) is 10.3 Å². The van der Waals surface area contributed by atoms with Gasteiger partial charge in [0, 0.05) is 0 Å². The molecule has 0 saturated heterocycles. The molecule has 3 rings (SSSR count). The summed E-state index contributed by atoms with van der Waals surface area (Å²) in [4.78, 5) is 16.3. The Morgan fingerprint density at radius 3 is 2.68 bits per heavy atom. The van der Waals surface area contributed by atoms with E-state index in [1.54, 1.807) is 12.1 Å². The molecule has 1 unspecified atom stereocenters. The Morgan fingerprint density at radius 1 is 1.18 bits per heavy atom. The fourth-order valence-electron chi connectivity index (χ4n) is 2.09. The minimum absolute atomic E-state index is 0.0470. The van der Waals surface area contributed by atoms with E-state index in [-0.39, 0.29) is 18.6 Å². The van der Waals surface area contributed by atoms with E-state index in [1.165, 1.54) is 0 Å². The Balaban J connectivity index is 1.58. The number of hydrogen-bond donors (Lipinski definition) is 1. The lowest BCUT2D eigenvalue weighted by Crippen LogP contribution is -2.31. The van der Waals surface area contributed by atoms with E-state index in [1.807, 2.05) is 49.4 Å². The van der Waals surface area contributed by atoms with Gasteiger partial charge < -0.3 is 14.5 Å². The van der Waals surface area contributed by atoms with Gasteiger partial charge in [-0.25, -0.2) is 4.98 Å². The number of rotatable bonds is 5. The molecule has 22 heavy (non-hydrogen) atoms. The predicted molar refractivity (Wildman–Crippen MR) is 82.5 cm³/mol. The second-order valence-electron chi connectivity index (χ2n) is 4.91. The molecule has 0 bridgehead atoms. The fourth-order valence-corrected chi connectivity index (χ4v) is 2.09. The molecule has 0 spiro atoms. The van der Waals surface area contributed by atoms with Crippen LogP contribution in [0.2, 0.25) is 0 Å². The number of aromatic nitrogens is 1. The highest BCUT2D eigenvalue weighted by Gasteiger charge is 2.16. The quantitative estimate of drug-likeness (QED) is 0.786. The highest BCUT2D eigenvalue weighted by molar-refractivity contribution is 5.78. The number of para-hydroxylation sites is 3. The van der Waals surface area contributed by atoms with Crippen LogP contribution >= 0.6 is 0 Å². The van der Waals surface area contributed by atoms with E-state index in [4.69, 9.17) is 9.15 Å². The zero-order valence-corrected chi connectivity index (χ0v) is 12.2. The van der Waals surface area contributed by atoms with Crippen LogP contribution in [0.15, 0.2) is 59.0 Å². The van der Waals surface area contributed by atoms with Crippen molar-refractivity contribution >= 4 is 17.0 Å². The van der Waals surface area contributed by atoms with Crippen LogP contribution < -0.4 is 10.1 Å². The summed E-state index contributed by atoms with van der Waals surface area (Å²) in [7, 11) is 0. The highest BCUT2D eigenvalue weighted by atomic mass is 16.5. The number of oxazole rings is 1. The van der Waals surface area contributed by atoms with Crippen molar-refractivity contribution in [3.63, 3.8) is 0 Å². The van der Waals surface area contributed by atoms with Crippen LogP contribution in [0.5, 0.6) is 5.75 Å². The van der Waals surface area contributed by atoms with Gasteiger partial charge in [0.2, 0.25) is 5.89 Å². The van der Waals surface area contributed by atoms with E-state index in [0.717, 1.165) is 5.52 Å². The van der Waals surface area contributed by atoms with Crippen LogP contribution in [0.1, 0.15) is 18.9 Å². The fraction of sp³-hybridized carbons (Fsp3) is 0.176. The standard InChI is InChI=1S/C17H16N2O3/c1-12(17-19-14-9-5-6-10-15(14)22-17)18-16(20)11-21-13-7-3-2-4-8-13/h2-10,12H,11H2,1H3,(H,18,20). The topological polar surface area (TPSA) is 64.4 Å². The molecule has 0 fully saturated rings. The van der Waals surface area contributed by atoms with Crippen LogP contribution in [-0.2, 0) is 4.79 Å². The number of ether oxygens (including phenoxy) is 1. The summed E-state index contributed by atoms with van der Waals surface area (Å²) in [5.41, 5.74) is 1.48. The monoisotopic (exact) mass is 296 g/mol. The molecule has 2 aromatic carbocycles. The molecule has 1 aromatic heterocycles. The molecule has 1 atom stereocenters. The Hall–Kier alpha value is -2.82. The number of hydrogen-bond acceptors (Lipinski definition) is 4. The third-order valence-electron chi connectivity index (χ3n) is 3.17. The first kappa shape index (κ1) is 14.1. The smallest absolute Gasteiger partial charge is 0.258 e. The number of nitrogens with one attached hydrogen (secondary N) is 1. The van der Waals surface area contributed by atoms with Crippen molar-refractivity contribution in [1.82, 2.24) is 10.3 Å². The van der Waals surface area contributed by atoms with Crippen LogP contribution in [0, 0.1) is 0 Å². The van der Waals surface area contributed by atoms with Gasteiger partial charge >= 0.3 is 0 Å². The maximum Gasteiger partial charge on any atom is 0.258 e. The van der Waals surface area contributed by atoms with E-state index in [0.29, 0.717) is 17.2 Å². The van der Waals surface area contributed by atoms with Gasteiger partial charge in [0.1, 0.15) is 17.3 Å². The second kappa shape index (κ2) is 6.30. The van der Waals surface area contributed by atoms with Crippen LogP contribution in [0.25, 0.3) is 11.1 Å². The summed E-state index contributed by atoms with van der Waals surface area (Å²) >= 11 is 0. The van der Waals surface area contributed by atoms with Gasteiger partial charge in [0.15, 0.2) is 12.2 Å². The van der Waals surface area contributed by atoms with Crippen molar-refractivity contribution in [2.45, 2.75) is 13.0 Å². The number of amides is 1. The number of nitrogens with zero attached hydrogens (tertiary/aromatic N) is 1. The predicted octanol–water partition coefficient (Wildman–Crippen LogP) is 3.08. The Labute approximate surface area is 127 Å². The summed E-state index contributed by atoms with van der Waals surface area (Å²) in [6, 6.07) is 16.4. The SMILES string of the molecule is CC(NC(=O)COc1ccccc1)c1nc2ccccc2o1. The molecule has 1 heterocycles. The minimum atomic E-state index is -0.320. The molecule has 0 aliphatic carbocycles. The van der Waals surface area contributed by atoms with E-state index >= 15 is 0 Å². The Bertz CT molecular complexity index is 735. The summed E-state index contributed by atoms with van der Waals surface area (Å²) < 4.78 is 11.0. The number of benzene rings is 2. The average Bonchev–Trinajstić information content (AvgIpc) is 2.98. The van der Waals surface area contributed by atoms with Crippen molar-refractivity contribution < 1.29 is 13.9 Å². The maximum absolute atomic E-state index is 11.9. The Morgan fingerprint density at radius 2 is 1.91 bits per heavy atom. The largest absolute Gasteiger partial charge is 0.484 e. The van der Waals surface area contributed by atoms with Gasteiger partial charge in [-0.2, -0.15) is 0 Å². The Kier molecular flexibility index (Phi) is 4.05. The lowest BCUT2D eigenvalue weighted by molar-refractivity contribution is -0.123.